The minimum atomic E-state index is -0.812. The van der Waals surface area contributed by atoms with E-state index in [9.17, 15) is 4.21 Å². The topological polar surface area (TPSA) is 56.1 Å². The van der Waals surface area contributed by atoms with Gasteiger partial charge in [-0.3, -0.25) is 4.21 Å². The number of hydrogen-bond donors (Lipinski definition) is 1. The van der Waals surface area contributed by atoms with Crippen molar-refractivity contribution in [2.75, 3.05) is 31.8 Å². The largest absolute Gasteiger partial charge is 0.383 e. The molecule has 0 radical (unpaired) electrons. The van der Waals surface area contributed by atoms with Crippen molar-refractivity contribution in [1.29, 1.82) is 0 Å². The molecule has 0 bridgehead atoms. The number of hydrogen-bond acceptors (Lipinski definition) is 4. The molecule has 0 aliphatic carbocycles. The Kier molecular flexibility index (Phi) is 5.48. The van der Waals surface area contributed by atoms with Crippen LogP contribution in [0.15, 0.2) is 12.4 Å². The molecule has 16 heavy (non-hydrogen) atoms. The Bertz CT molecular complexity index is 341. The second-order valence-corrected chi connectivity index (χ2v) is 5.43. The average molecular weight is 245 g/mol. The smallest absolute Gasteiger partial charge is 0.202 e. The summed E-state index contributed by atoms with van der Waals surface area (Å²) in [4.78, 5) is 4.20. The summed E-state index contributed by atoms with van der Waals surface area (Å²) in [5.41, 5.74) is 0. The van der Waals surface area contributed by atoms with Gasteiger partial charge in [0.05, 0.1) is 6.61 Å². The second-order valence-electron chi connectivity index (χ2n) is 3.63. The predicted octanol–water partition coefficient (Wildman–Crippen LogP) is 0.708. The maximum atomic E-state index is 11.3. The van der Waals surface area contributed by atoms with E-state index in [4.69, 9.17) is 4.74 Å². The number of anilines is 1. The van der Waals surface area contributed by atoms with Crippen LogP contribution in [0.3, 0.4) is 0 Å². The van der Waals surface area contributed by atoms with Gasteiger partial charge in [-0.2, -0.15) is 0 Å². The number of rotatable bonds is 7. The minimum Gasteiger partial charge on any atom is -0.383 e. The fourth-order valence-corrected chi connectivity index (χ4v) is 1.64. The number of nitrogens with zero attached hydrogens (tertiary/aromatic N) is 2. The first-order valence-electron chi connectivity index (χ1n) is 5.21. The van der Waals surface area contributed by atoms with E-state index >= 15 is 0 Å². The van der Waals surface area contributed by atoms with E-state index in [-0.39, 0.29) is 5.25 Å². The lowest BCUT2D eigenvalue weighted by Gasteiger charge is -2.12. The zero-order chi connectivity index (χ0) is 12.0. The molecule has 92 valence electrons. The highest BCUT2D eigenvalue weighted by Crippen LogP contribution is 2.07. The van der Waals surface area contributed by atoms with Crippen LogP contribution in [-0.4, -0.2) is 45.5 Å². The van der Waals surface area contributed by atoms with E-state index < -0.39 is 10.8 Å². The third-order valence-corrected chi connectivity index (χ3v) is 3.61. The van der Waals surface area contributed by atoms with E-state index in [1.165, 1.54) is 0 Å². The molecular weight excluding hydrogens is 226 g/mol. The molecule has 0 aliphatic rings. The summed E-state index contributed by atoms with van der Waals surface area (Å²) < 4.78 is 18.2. The first-order chi connectivity index (χ1) is 7.65. The monoisotopic (exact) mass is 245 g/mol. The highest BCUT2D eigenvalue weighted by atomic mass is 32.2. The molecule has 0 aromatic carbocycles. The lowest BCUT2D eigenvalue weighted by atomic mass is 10.4. The van der Waals surface area contributed by atoms with Crippen LogP contribution in [0.1, 0.15) is 6.92 Å². The summed E-state index contributed by atoms with van der Waals surface area (Å²) >= 11 is 0. The van der Waals surface area contributed by atoms with E-state index in [1.54, 1.807) is 19.6 Å². The maximum absolute atomic E-state index is 11.3. The van der Waals surface area contributed by atoms with Gasteiger partial charge >= 0.3 is 0 Å². The summed E-state index contributed by atoms with van der Waals surface area (Å²) in [5.74, 6) is 0.800. The molecule has 6 heteroatoms. The molecule has 0 saturated heterocycles. The molecule has 0 fully saturated rings. The number of nitrogens with one attached hydrogen (secondary N) is 1. The van der Waals surface area contributed by atoms with Gasteiger partial charge in [0.2, 0.25) is 5.95 Å². The third kappa shape index (κ3) is 3.94. The first-order valence-corrected chi connectivity index (χ1v) is 6.83. The van der Waals surface area contributed by atoms with Crippen LogP contribution in [0.2, 0.25) is 0 Å². The van der Waals surface area contributed by atoms with Crippen LogP contribution in [0.25, 0.3) is 0 Å². The summed E-state index contributed by atoms with van der Waals surface area (Å²) in [6, 6.07) is 0. The van der Waals surface area contributed by atoms with Gasteiger partial charge in [-0.05, 0) is 6.92 Å². The Labute approximate surface area is 98.7 Å². The quantitative estimate of drug-likeness (QED) is 0.719. The van der Waals surface area contributed by atoms with Crippen molar-refractivity contribution in [3.63, 3.8) is 0 Å². The molecule has 0 spiro atoms. The number of methoxy groups -OCH3 is 1. The van der Waals surface area contributed by atoms with Crippen LogP contribution in [0.5, 0.6) is 0 Å². The fourth-order valence-electron chi connectivity index (χ4n) is 1.27. The lowest BCUT2D eigenvalue weighted by molar-refractivity contribution is 0.210. The molecule has 1 aromatic rings. The minimum absolute atomic E-state index is 0.122. The fraction of sp³-hybridized carbons (Fsp3) is 0.700. The van der Waals surface area contributed by atoms with Gasteiger partial charge in [0.25, 0.3) is 0 Å². The van der Waals surface area contributed by atoms with Gasteiger partial charge in [-0.25, -0.2) is 4.98 Å². The molecule has 1 heterocycles. The van der Waals surface area contributed by atoms with Crippen LogP contribution in [0, 0.1) is 0 Å². The number of ether oxygens (including phenoxy) is 1. The molecule has 5 nitrogen and oxygen atoms in total. The number of imidazole rings is 1. The van der Waals surface area contributed by atoms with Crippen LogP contribution in [-0.2, 0) is 22.1 Å². The Balaban J connectivity index is 2.53. The van der Waals surface area contributed by atoms with Crippen molar-refractivity contribution in [3.05, 3.63) is 12.4 Å². The van der Waals surface area contributed by atoms with E-state index in [2.05, 4.69) is 10.3 Å². The molecule has 2 unspecified atom stereocenters. The van der Waals surface area contributed by atoms with Crippen LogP contribution in [0.4, 0.5) is 5.95 Å². The Morgan fingerprint density at radius 3 is 3.06 bits per heavy atom. The molecule has 1 rings (SSSR count). The Hall–Kier alpha value is -0.880. The summed E-state index contributed by atoms with van der Waals surface area (Å²) in [7, 11) is 0.852. The highest BCUT2D eigenvalue weighted by Gasteiger charge is 2.09. The van der Waals surface area contributed by atoms with Crippen molar-refractivity contribution in [2.45, 2.75) is 18.7 Å². The zero-order valence-electron chi connectivity index (χ0n) is 9.97. The van der Waals surface area contributed by atoms with Gasteiger partial charge < -0.3 is 14.6 Å². The summed E-state index contributed by atoms with van der Waals surface area (Å²) in [6.45, 7) is 4.03. The standard InChI is InChI=1S/C10H19N3O2S/c1-9(16(3)14)8-13-6-4-11-10(13)12-5-7-15-2/h4,6,9H,5,7-8H2,1-3H3,(H,11,12). The van der Waals surface area contributed by atoms with Crippen molar-refractivity contribution < 1.29 is 8.95 Å². The van der Waals surface area contributed by atoms with Crippen molar-refractivity contribution in [2.24, 2.45) is 0 Å². The average Bonchev–Trinajstić information content (AvgIpc) is 2.66. The van der Waals surface area contributed by atoms with Gasteiger partial charge in [-0.1, -0.05) is 0 Å². The molecule has 0 aliphatic heterocycles. The second kappa shape index (κ2) is 6.65. The first kappa shape index (κ1) is 13.2. The molecular formula is C10H19N3O2S. The molecule has 0 saturated carbocycles. The normalized spacial score (nSPS) is 14.7. The molecule has 1 aromatic heterocycles. The van der Waals surface area contributed by atoms with Crippen LogP contribution < -0.4 is 5.32 Å². The molecule has 2 atom stereocenters. The Morgan fingerprint density at radius 1 is 1.69 bits per heavy atom. The summed E-state index contributed by atoms with van der Waals surface area (Å²) in [5, 5.41) is 3.29. The van der Waals surface area contributed by atoms with Gasteiger partial charge in [0.15, 0.2) is 0 Å². The summed E-state index contributed by atoms with van der Waals surface area (Å²) in [6.07, 6.45) is 5.35. The van der Waals surface area contributed by atoms with E-state index in [1.807, 2.05) is 17.7 Å². The third-order valence-electron chi connectivity index (χ3n) is 2.33. The molecule has 0 amide bonds. The van der Waals surface area contributed by atoms with Gasteiger partial charge in [0.1, 0.15) is 0 Å². The highest BCUT2D eigenvalue weighted by molar-refractivity contribution is 7.84. The van der Waals surface area contributed by atoms with Gasteiger partial charge in [0, 0.05) is 54.9 Å². The molecule has 1 N–H and O–H groups in total. The van der Waals surface area contributed by atoms with E-state index in [0.717, 1.165) is 12.5 Å². The number of aromatic nitrogens is 2. The van der Waals surface area contributed by atoms with Crippen LogP contribution >= 0.6 is 0 Å². The Morgan fingerprint density at radius 2 is 2.44 bits per heavy atom. The zero-order valence-corrected chi connectivity index (χ0v) is 10.8. The van der Waals surface area contributed by atoms with Crippen molar-refractivity contribution >= 4 is 16.7 Å². The van der Waals surface area contributed by atoms with Crippen molar-refractivity contribution in [1.82, 2.24) is 9.55 Å². The predicted molar refractivity (Wildman–Crippen MR) is 66.1 cm³/mol. The maximum Gasteiger partial charge on any atom is 0.202 e. The lowest BCUT2D eigenvalue weighted by Crippen LogP contribution is -2.19. The van der Waals surface area contributed by atoms with E-state index in [0.29, 0.717) is 13.2 Å². The van der Waals surface area contributed by atoms with Crippen molar-refractivity contribution in [3.8, 4) is 0 Å². The van der Waals surface area contributed by atoms with Gasteiger partial charge in [-0.15, -0.1) is 0 Å². The SMILES string of the molecule is COCCNc1nccn1CC(C)S(C)=O.